The molecule has 0 amide bonds. The van der Waals surface area contributed by atoms with Crippen molar-refractivity contribution in [1.82, 2.24) is 0 Å². The van der Waals surface area contributed by atoms with Gasteiger partial charge in [0.25, 0.3) is 0 Å². The minimum atomic E-state index is -0.996. The van der Waals surface area contributed by atoms with Crippen molar-refractivity contribution in [3.63, 3.8) is 0 Å². The van der Waals surface area contributed by atoms with Crippen LogP contribution in [0.2, 0.25) is 0 Å². The summed E-state index contributed by atoms with van der Waals surface area (Å²) in [6, 6.07) is 4.79. The molecule has 0 atom stereocenters. The first-order valence-corrected chi connectivity index (χ1v) is 6.89. The Morgan fingerprint density at radius 2 is 2.05 bits per heavy atom. The van der Waals surface area contributed by atoms with Crippen LogP contribution < -0.4 is 10.5 Å². The Hall–Kier alpha value is -1.71. The lowest BCUT2D eigenvalue weighted by Crippen LogP contribution is -2.24. The molecule has 19 heavy (non-hydrogen) atoms. The molecule has 0 unspecified atom stereocenters. The van der Waals surface area contributed by atoms with E-state index in [9.17, 15) is 4.79 Å². The summed E-state index contributed by atoms with van der Waals surface area (Å²) in [4.78, 5) is 11.2. The molecule has 1 fully saturated rings. The highest BCUT2D eigenvalue weighted by Gasteiger charge is 2.23. The predicted molar refractivity (Wildman–Crippen MR) is 74.5 cm³/mol. The molecule has 1 aromatic rings. The topological polar surface area (TPSA) is 72.5 Å². The molecule has 0 saturated heterocycles. The number of hydrogen-bond acceptors (Lipinski definition) is 3. The van der Waals surface area contributed by atoms with E-state index in [0.717, 1.165) is 18.8 Å². The average molecular weight is 263 g/mol. The van der Waals surface area contributed by atoms with Crippen LogP contribution >= 0.6 is 0 Å². The Labute approximate surface area is 113 Å². The molecule has 1 aliphatic carbocycles. The molecule has 2 rings (SSSR count). The molecule has 104 valence electrons. The second-order valence-corrected chi connectivity index (χ2v) is 5.23. The number of ether oxygens (including phenoxy) is 1. The van der Waals surface area contributed by atoms with Gasteiger partial charge >= 0.3 is 5.97 Å². The maximum atomic E-state index is 11.2. The number of carboxylic acids is 1. The van der Waals surface area contributed by atoms with E-state index in [1.54, 1.807) is 12.1 Å². The Morgan fingerprint density at radius 3 is 2.63 bits per heavy atom. The van der Waals surface area contributed by atoms with Crippen molar-refractivity contribution in [2.24, 2.45) is 5.92 Å². The van der Waals surface area contributed by atoms with Crippen molar-refractivity contribution in [2.75, 3.05) is 5.73 Å². The Bertz CT molecular complexity index is 451. The molecular weight excluding hydrogens is 242 g/mol. The highest BCUT2D eigenvalue weighted by molar-refractivity contribution is 5.92. The van der Waals surface area contributed by atoms with E-state index in [1.165, 1.54) is 25.3 Å². The molecular formula is C15H21NO3. The molecule has 3 N–H and O–H groups in total. The standard InChI is InChI=1S/C15H21NO3/c1-2-10-3-6-12(7-4-10)19-14-8-5-11(16)9-13(14)15(17)18/h5,8-10,12H,2-4,6-7,16H2,1H3,(H,17,18). The largest absolute Gasteiger partial charge is 0.490 e. The molecule has 0 bridgehead atoms. The summed E-state index contributed by atoms with van der Waals surface area (Å²) in [5, 5.41) is 9.16. The van der Waals surface area contributed by atoms with E-state index in [-0.39, 0.29) is 11.7 Å². The van der Waals surface area contributed by atoms with Crippen molar-refractivity contribution in [1.29, 1.82) is 0 Å². The second-order valence-electron chi connectivity index (χ2n) is 5.23. The van der Waals surface area contributed by atoms with E-state index < -0.39 is 5.97 Å². The van der Waals surface area contributed by atoms with Gasteiger partial charge in [0.05, 0.1) is 6.10 Å². The lowest BCUT2D eigenvalue weighted by atomic mass is 9.86. The molecule has 1 saturated carbocycles. The summed E-state index contributed by atoms with van der Waals surface area (Å²) < 4.78 is 5.86. The Kier molecular flexibility index (Phi) is 4.30. The molecule has 1 aromatic carbocycles. The van der Waals surface area contributed by atoms with Gasteiger partial charge in [0.2, 0.25) is 0 Å². The fourth-order valence-corrected chi connectivity index (χ4v) is 2.66. The summed E-state index contributed by atoms with van der Waals surface area (Å²) in [7, 11) is 0. The minimum Gasteiger partial charge on any atom is -0.490 e. The summed E-state index contributed by atoms with van der Waals surface area (Å²) in [6.07, 6.45) is 5.68. The van der Waals surface area contributed by atoms with Crippen LogP contribution in [-0.2, 0) is 0 Å². The van der Waals surface area contributed by atoms with Gasteiger partial charge in [-0.25, -0.2) is 4.79 Å². The van der Waals surface area contributed by atoms with Gasteiger partial charge in [-0.05, 0) is 49.8 Å². The lowest BCUT2D eigenvalue weighted by molar-refractivity contribution is 0.0683. The molecule has 0 spiro atoms. The number of carboxylic acid groups (broad SMARTS) is 1. The molecule has 0 radical (unpaired) electrons. The molecule has 1 aliphatic rings. The first-order chi connectivity index (χ1) is 9.10. The van der Waals surface area contributed by atoms with Gasteiger partial charge in [-0.1, -0.05) is 13.3 Å². The Balaban J connectivity index is 2.05. The number of nitrogen functional groups attached to an aromatic ring is 1. The normalized spacial score (nSPS) is 23.0. The van der Waals surface area contributed by atoms with Crippen molar-refractivity contribution in [3.05, 3.63) is 23.8 Å². The average Bonchev–Trinajstić information content (AvgIpc) is 2.41. The molecule has 4 heteroatoms. The van der Waals surface area contributed by atoms with Crippen LogP contribution in [0.15, 0.2) is 18.2 Å². The summed E-state index contributed by atoms with van der Waals surface area (Å²) in [5.41, 5.74) is 6.21. The summed E-state index contributed by atoms with van der Waals surface area (Å²) in [6.45, 7) is 2.22. The number of benzene rings is 1. The second kappa shape index (κ2) is 5.95. The zero-order valence-corrected chi connectivity index (χ0v) is 11.3. The first-order valence-electron chi connectivity index (χ1n) is 6.89. The smallest absolute Gasteiger partial charge is 0.339 e. The molecule has 0 aromatic heterocycles. The third kappa shape index (κ3) is 3.40. The summed E-state index contributed by atoms with van der Waals surface area (Å²) in [5.74, 6) is 0.233. The number of nitrogens with two attached hydrogens (primary N) is 1. The monoisotopic (exact) mass is 263 g/mol. The maximum absolute atomic E-state index is 11.2. The van der Waals surface area contributed by atoms with Crippen LogP contribution in [0.4, 0.5) is 5.69 Å². The number of rotatable bonds is 4. The first kappa shape index (κ1) is 13.7. The van der Waals surface area contributed by atoms with Gasteiger partial charge < -0.3 is 15.6 Å². The van der Waals surface area contributed by atoms with Crippen LogP contribution in [0.25, 0.3) is 0 Å². The van der Waals surface area contributed by atoms with E-state index in [4.69, 9.17) is 15.6 Å². The number of hydrogen-bond donors (Lipinski definition) is 2. The number of anilines is 1. The zero-order chi connectivity index (χ0) is 13.8. The third-order valence-corrected chi connectivity index (χ3v) is 3.90. The van der Waals surface area contributed by atoms with Gasteiger partial charge in [0.1, 0.15) is 11.3 Å². The van der Waals surface area contributed by atoms with E-state index >= 15 is 0 Å². The van der Waals surface area contributed by atoms with E-state index in [1.807, 2.05) is 0 Å². The van der Waals surface area contributed by atoms with Crippen LogP contribution in [0.1, 0.15) is 49.4 Å². The van der Waals surface area contributed by atoms with Crippen molar-refractivity contribution in [3.8, 4) is 5.75 Å². The highest BCUT2D eigenvalue weighted by Crippen LogP contribution is 2.31. The number of carbonyl (C=O) groups is 1. The van der Waals surface area contributed by atoms with E-state index in [2.05, 4.69) is 6.92 Å². The zero-order valence-electron chi connectivity index (χ0n) is 11.3. The van der Waals surface area contributed by atoms with Gasteiger partial charge in [-0.15, -0.1) is 0 Å². The van der Waals surface area contributed by atoms with Crippen molar-refractivity contribution >= 4 is 11.7 Å². The van der Waals surface area contributed by atoms with Gasteiger partial charge in [0.15, 0.2) is 0 Å². The quantitative estimate of drug-likeness (QED) is 0.817. The van der Waals surface area contributed by atoms with Crippen molar-refractivity contribution in [2.45, 2.75) is 45.1 Å². The fraction of sp³-hybridized carbons (Fsp3) is 0.533. The van der Waals surface area contributed by atoms with Gasteiger partial charge in [-0.2, -0.15) is 0 Å². The van der Waals surface area contributed by atoms with E-state index in [0.29, 0.717) is 11.4 Å². The predicted octanol–water partition coefficient (Wildman–Crippen LogP) is 3.31. The Morgan fingerprint density at radius 1 is 1.37 bits per heavy atom. The fourth-order valence-electron chi connectivity index (χ4n) is 2.66. The molecule has 0 heterocycles. The lowest BCUT2D eigenvalue weighted by Gasteiger charge is -2.28. The van der Waals surface area contributed by atoms with Gasteiger partial charge in [0, 0.05) is 5.69 Å². The van der Waals surface area contributed by atoms with Crippen molar-refractivity contribution < 1.29 is 14.6 Å². The summed E-state index contributed by atoms with van der Waals surface area (Å²) >= 11 is 0. The molecule has 4 nitrogen and oxygen atoms in total. The number of aromatic carboxylic acids is 1. The minimum absolute atomic E-state index is 0.129. The van der Waals surface area contributed by atoms with Crippen LogP contribution in [0.3, 0.4) is 0 Å². The SMILES string of the molecule is CCC1CCC(Oc2ccc(N)cc2C(=O)O)CC1. The van der Waals surface area contributed by atoms with Crippen LogP contribution in [0.5, 0.6) is 5.75 Å². The van der Waals surface area contributed by atoms with Gasteiger partial charge in [-0.3, -0.25) is 0 Å². The highest BCUT2D eigenvalue weighted by atomic mass is 16.5. The molecule has 0 aliphatic heterocycles. The van der Waals surface area contributed by atoms with Crippen LogP contribution in [0, 0.1) is 5.92 Å². The third-order valence-electron chi connectivity index (χ3n) is 3.90. The van der Waals surface area contributed by atoms with Crippen LogP contribution in [-0.4, -0.2) is 17.2 Å². The maximum Gasteiger partial charge on any atom is 0.339 e.